The van der Waals surface area contributed by atoms with Crippen LogP contribution in [0.1, 0.15) is 54.0 Å². The average molecular weight is 699 g/mol. The monoisotopic (exact) mass is 698 g/mol. The summed E-state index contributed by atoms with van der Waals surface area (Å²) in [7, 11) is 0. The minimum absolute atomic E-state index is 0.00736. The van der Waals surface area contributed by atoms with E-state index in [9.17, 15) is 29.4 Å². The molecule has 0 unspecified atom stereocenters. The largest absolute Gasteiger partial charge is 0.463 e. The molecule has 0 spiro atoms. The Morgan fingerprint density at radius 1 is 0.796 bits per heavy atom. The second-order valence-electron chi connectivity index (χ2n) is 12.5. The van der Waals surface area contributed by atoms with Gasteiger partial charge in [-0.2, -0.15) is 9.97 Å². The van der Waals surface area contributed by atoms with Crippen molar-refractivity contribution in [1.82, 2.24) is 19.1 Å². The van der Waals surface area contributed by atoms with Crippen LogP contribution in [0.4, 0.5) is 11.6 Å². The van der Waals surface area contributed by atoms with Gasteiger partial charge < -0.3 is 38.6 Å². The maximum atomic E-state index is 12.2. The van der Waals surface area contributed by atoms with Crippen LogP contribution in [0.2, 0.25) is 0 Å². The number of esters is 2. The number of carbonyl (C=O) groups is 2. The summed E-state index contributed by atoms with van der Waals surface area (Å²) in [5, 5.41) is 37.6. The first kappa shape index (κ1) is 37.8. The second-order valence-corrected chi connectivity index (χ2v) is 12.5. The Bertz CT molecular complexity index is 1580. The van der Waals surface area contributed by atoms with E-state index in [2.05, 4.69) is 9.97 Å². The molecule has 2 aromatic heterocycles. The molecule has 8 atom stereocenters. The van der Waals surface area contributed by atoms with Crippen molar-refractivity contribution < 1.29 is 58.6 Å². The Labute approximate surface area is 279 Å². The van der Waals surface area contributed by atoms with E-state index in [0.717, 1.165) is 4.57 Å². The Morgan fingerprint density at radius 3 is 1.71 bits per heavy atom. The zero-order valence-electron chi connectivity index (χ0n) is 27.7. The molecule has 0 radical (unpaired) electrons. The SMILES string of the molecule is CC(C)C(=O)OC[C@H]1O[C@@H](n2ccc(NO)nc2=O)[C@@H]2OC(C)(C)O[C@@H]21.CC(C)C(=O)OC[C@H]1O[C@@H](n2ccc(NO)nc2=O)[C@H](O)[C@@H]1O. The minimum Gasteiger partial charge on any atom is -0.463 e. The summed E-state index contributed by atoms with van der Waals surface area (Å²) in [4.78, 5) is 54.5. The van der Waals surface area contributed by atoms with Gasteiger partial charge in [0.25, 0.3) is 0 Å². The molecule has 49 heavy (non-hydrogen) atoms. The van der Waals surface area contributed by atoms with E-state index in [0.29, 0.717) is 0 Å². The molecule has 0 bridgehead atoms. The average Bonchev–Trinajstić information content (AvgIpc) is 3.65. The highest BCUT2D eigenvalue weighted by molar-refractivity contribution is 5.71. The van der Waals surface area contributed by atoms with Crippen molar-refractivity contribution in [3.05, 3.63) is 45.5 Å². The summed E-state index contributed by atoms with van der Waals surface area (Å²) in [6.45, 7) is 10.1. The molecule has 3 saturated heterocycles. The molecule has 3 fully saturated rings. The van der Waals surface area contributed by atoms with E-state index < -0.39 is 72.2 Å². The van der Waals surface area contributed by atoms with E-state index in [4.69, 9.17) is 38.8 Å². The van der Waals surface area contributed by atoms with Crippen molar-refractivity contribution in [2.75, 3.05) is 24.2 Å². The summed E-state index contributed by atoms with van der Waals surface area (Å²) in [5.41, 5.74) is 2.13. The number of rotatable bonds is 10. The summed E-state index contributed by atoms with van der Waals surface area (Å²) in [6, 6.07) is 2.71. The van der Waals surface area contributed by atoms with Gasteiger partial charge >= 0.3 is 23.3 Å². The Morgan fingerprint density at radius 2 is 1.24 bits per heavy atom. The molecule has 0 aromatic carbocycles. The highest BCUT2D eigenvalue weighted by Gasteiger charge is 2.56. The number of carbonyl (C=O) groups excluding carboxylic acids is 2. The number of ether oxygens (including phenoxy) is 6. The zero-order valence-corrected chi connectivity index (χ0v) is 27.7. The van der Waals surface area contributed by atoms with Gasteiger partial charge in [-0.3, -0.25) is 40.1 Å². The molecule has 0 amide bonds. The van der Waals surface area contributed by atoms with Gasteiger partial charge in [0.1, 0.15) is 49.8 Å². The number of aromatic nitrogens is 4. The third-order valence-electron chi connectivity index (χ3n) is 7.62. The number of aliphatic hydroxyl groups is 2. The molecule has 20 nitrogen and oxygen atoms in total. The molecule has 3 aliphatic rings. The third-order valence-corrected chi connectivity index (χ3v) is 7.62. The second kappa shape index (κ2) is 15.7. The van der Waals surface area contributed by atoms with Crippen LogP contribution in [0.5, 0.6) is 0 Å². The van der Waals surface area contributed by atoms with Crippen molar-refractivity contribution in [3.8, 4) is 0 Å². The Balaban J connectivity index is 0.000000223. The van der Waals surface area contributed by atoms with Gasteiger partial charge in [0.05, 0.1) is 11.8 Å². The van der Waals surface area contributed by atoms with E-state index in [1.54, 1.807) is 47.0 Å². The predicted octanol–water partition coefficient (Wildman–Crippen LogP) is -0.476. The standard InChI is InChI=1S/C16H23N3O7.C13H19N3O7/c1-8(2)14(20)23-7-9-11-12(26-16(3,4)25-11)13(24-9)19-6-5-10(18-22)17-15(19)21;1-6(2)12(19)22-5-7-9(17)10(18)11(23-7)16-4-3-8(15-21)14-13(16)20/h5-6,8-9,11-13,22H,7H2,1-4H3,(H,17,18,21);3-4,6-7,9-11,17-18,21H,5H2,1-2H3,(H,14,15,20)/t9-,11-,12-,13-;7-,9-,10-,11-/m11/s1. The van der Waals surface area contributed by atoms with Gasteiger partial charge in [-0.15, -0.1) is 0 Å². The number of aliphatic hydroxyl groups excluding tert-OH is 2. The third kappa shape index (κ3) is 8.78. The normalized spacial score (nSPS) is 28.5. The Hall–Kier alpha value is -4.02. The maximum absolute atomic E-state index is 12.2. The lowest BCUT2D eigenvalue weighted by Gasteiger charge is -2.24. The fraction of sp³-hybridized carbons (Fsp3) is 0.655. The first-order valence-corrected chi connectivity index (χ1v) is 15.4. The van der Waals surface area contributed by atoms with Crippen LogP contribution in [0.15, 0.2) is 34.1 Å². The van der Waals surface area contributed by atoms with Gasteiger partial charge in [0.15, 0.2) is 29.9 Å². The molecule has 272 valence electrons. The van der Waals surface area contributed by atoms with E-state index >= 15 is 0 Å². The smallest absolute Gasteiger partial charge is 0.351 e. The number of nitrogens with one attached hydrogen (secondary N) is 2. The summed E-state index contributed by atoms with van der Waals surface area (Å²) in [6.07, 6.45) is -4.65. The molecular formula is C29H42N6O14. The first-order chi connectivity index (χ1) is 23.1. The molecule has 5 rings (SSSR count). The number of hydrogen-bond acceptors (Lipinski definition) is 18. The minimum atomic E-state index is -1.40. The fourth-order valence-corrected chi connectivity index (χ4v) is 5.11. The lowest BCUT2D eigenvalue weighted by atomic mass is 10.1. The number of hydrogen-bond donors (Lipinski definition) is 6. The molecule has 20 heteroatoms. The number of anilines is 2. The fourth-order valence-electron chi connectivity index (χ4n) is 5.11. The highest BCUT2D eigenvalue weighted by Crippen LogP contribution is 2.42. The highest BCUT2D eigenvalue weighted by atomic mass is 16.8. The van der Waals surface area contributed by atoms with Gasteiger partial charge in [-0.1, -0.05) is 27.7 Å². The summed E-state index contributed by atoms with van der Waals surface area (Å²) >= 11 is 0. The lowest BCUT2D eigenvalue weighted by molar-refractivity contribution is -0.203. The van der Waals surface area contributed by atoms with Crippen molar-refractivity contribution in [2.45, 2.75) is 96.4 Å². The summed E-state index contributed by atoms with van der Waals surface area (Å²) < 4.78 is 35.6. The van der Waals surface area contributed by atoms with E-state index in [1.165, 1.54) is 29.1 Å². The topological polar surface area (TPSA) is 264 Å². The van der Waals surface area contributed by atoms with Gasteiger partial charge in [-0.05, 0) is 26.0 Å². The van der Waals surface area contributed by atoms with Crippen molar-refractivity contribution >= 4 is 23.6 Å². The molecule has 3 aliphatic heterocycles. The van der Waals surface area contributed by atoms with Crippen LogP contribution in [-0.4, -0.2) is 107 Å². The summed E-state index contributed by atoms with van der Waals surface area (Å²) in [5.74, 6) is -2.31. The van der Waals surface area contributed by atoms with Gasteiger partial charge in [-0.25, -0.2) is 9.59 Å². The van der Waals surface area contributed by atoms with E-state index in [1.807, 2.05) is 5.48 Å². The molecule has 5 heterocycles. The number of fused-ring (bicyclic) bond motifs is 1. The zero-order chi connectivity index (χ0) is 36.2. The van der Waals surface area contributed by atoms with Crippen LogP contribution in [0, 0.1) is 11.8 Å². The number of nitrogens with zero attached hydrogens (tertiary/aromatic N) is 4. The van der Waals surface area contributed by atoms with Crippen LogP contribution < -0.4 is 22.3 Å². The van der Waals surface area contributed by atoms with Crippen LogP contribution in [0.25, 0.3) is 0 Å². The van der Waals surface area contributed by atoms with Gasteiger partial charge in [0, 0.05) is 12.4 Å². The van der Waals surface area contributed by atoms with E-state index in [-0.39, 0.29) is 42.7 Å². The van der Waals surface area contributed by atoms with Crippen LogP contribution in [-0.2, 0) is 38.0 Å². The van der Waals surface area contributed by atoms with Crippen molar-refractivity contribution in [2.24, 2.45) is 11.8 Å². The van der Waals surface area contributed by atoms with Crippen LogP contribution in [0.3, 0.4) is 0 Å². The maximum Gasteiger partial charge on any atom is 0.351 e. The van der Waals surface area contributed by atoms with Gasteiger partial charge in [0.2, 0.25) is 0 Å². The van der Waals surface area contributed by atoms with Crippen LogP contribution >= 0.6 is 0 Å². The molecule has 0 saturated carbocycles. The molecular weight excluding hydrogens is 656 g/mol. The molecule has 0 aliphatic carbocycles. The van der Waals surface area contributed by atoms with Crippen molar-refractivity contribution in [1.29, 1.82) is 0 Å². The molecule has 6 N–H and O–H groups in total. The predicted molar refractivity (Wildman–Crippen MR) is 163 cm³/mol. The first-order valence-electron chi connectivity index (χ1n) is 15.4. The molecule has 2 aromatic rings. The quantitative estimate of drug-likeness (QED) is 0.135. The lowest BCUT2D eigenvalue weighted by Crippen LogP contribution is -2.36. The Kier molecular flexibility index (Phi) is 12.1. The van der Waals surface area contributed by atoms with Crippen molar-refractivity contribution in [3.63, 3.8) is 0 Å².